The molecule has 1 N–H and O–H groups in total. The summed E-state index contributed by atoms with van der Waals surface area (Å²) in [6.07, 6.45) is 0. The van der Waals surface area contributed by atoms with Crippen molar-refractivity contribution in [2.24, 2.45) is 0 Å². The molecule has 0 aliphatic heterocycles. The highest BCUT2D eigenvalue weighted by atomic mass is 32.2. The molecule has 27 heavy (non-hydrogen) atoms. The summed E-state index contributed by atoms with van der Waals surface area (Å²) in [5.74, 6) is 0.548. The van der Waals surface area contributed by atoms with Crippen LogP contribution in [0.1, 0.15) is 17.2 Å². The first-order valence-electron chi connectivity index (χ1n) is 8.80. The molecule has 3 aromatic carbocycles. The van der Waals surface area contributed by atoms with Gasteiger partial charge < -0.3 is 10.1 Å². The standard InChI is InChI=1S/C22H23NO3S/c1-26-20-13-8-14-21(17-20)27(24,25)16-15-23-22(18-9-4-2-5-10-18)19-11-6-3-7-12-19/h2-14,17,22-23H,15-16H2,1H3. The Morgan fingerprint density at radius 3 is 2.00 bits per heavy atom. The second kappa shape index (κ2) is 8.84. The number of hydrogen-bond acceptors (Lipinski definition) is 4. The summed E-state index contributed by atoms with van der Waals surface area (Å²) in [6, 6.07) is 26.6. The Hall–Kier alpha value is -2.63. The highest BCUT2D eigenvalue weighted by Gasteiger charge is 2.18. The predicted molar refractivity (Wildman–Crippen MR) is 108 cm³/mol. The number of ether oxygens (including phenoxy) is 1. The van der Waals surface area contributed by atoms with Gasteiger partial charge in [0.25, 0.3) is 0 Å². The van der Waals surface area contributed by atoms with E-state index >= 15 is 0 Å². The van der Waals surface area contributed by atoms with E-state index in [1.807, 2.05) is 60.7 Å². The quantitative estimate of drug-likeness (QED) is 0.644. The van der Waals surface area contributed by atoms with Crippen LogP contribution in [0.15, 0.2) is 89.8 Å². The van der Waals surface area contributed by atoms with Crippen molar-refractivity contribution >= 4 is 9.84 Å². The lowest BCUT2D eigenvalue weighted by molar-refractivity contribution is 0.413. The first-order valence-corrected chi connectivity index (χ1v) is 10.5. The lowest BCUT2D eigenvalue weighted by Gasteiger charge is -2.20. The Balaban J connectivity index is 1.74. The Labute approximate surface area is 160 Å². The maximum absolute atomic E-state index is 12.7. The van der Waals surface area contributed by atoms with Gasteiger partial charge in [-0.05, 0) is 29.3 Å². The minimum absolute atomic E-state index is 0.0103. The van der Waals surface area contributed by atoms with Crippen LogP contribution < -0.4 is 10.1 Å². The fourth-order valence-corrected chi connectivity index (χ4v) is 4.17. The topological polar surface area (TPSA) is 55.4 Å². The van der Waals surface area contributed by atoms with Gasteiger partial charge in [-0.3, -0.25) is 0 Å². The van der Waals surface area contributed by atoms with E-state index in [4.69, 9.17) is 4.74 Å². The number of nitrogens with one attached hydrogen (secondary N) is 1. The molecule has 3 aromatic rings. The monoisotopic (exact) mass is 381 g/mol. The average Bonchev–Trinajstić information content (AvgIpc) is 2.72. The zero-order chi connectivity index (χ0) is 19.1. The smallest absolute Gasteiger partial charge is 0.179 e. The summed E-state index contributed by atoms with van der Waals surface area (Å²) in [5.41, 5.74) is 2.20. The summed E-state index contributed by atoms with van der Waals surface area (Å²) in [6.45, 7) is 0.341. The predicted octanol–water partition coefficient (Wildman–Crippen LogP) is 3.85. The molecule has 0 aliphatic carbocycles. The van der Waals surface area contributed by atoms with E-state index < -0.39 is 9.84 Å². The number of sulfone groups is 1. The summed E-state index contributed by atoms with van der Waals surface area (Å²) >= 11 is 0. The fourth-order valence-electron chi connectivity index (χ4n) is 2.97. The SMILES string of the molecule is COc1cccc(S(=O)(=O)CCNC(c2ccccc2)c2ccccc2)c1. The van der Waals surface area contributed by atoms with Gasteiger partial charge in [0.15, 0.2) is 9.84 Å². The third kappa shape index (κ3) is 4.96. The Bertz CT molecular complexity index is 918. The van der Waals surface area contributed by atoms with Gasteiger partial charge in [0.1, 0.15) is 5.75 Å². The van der Waals surface area contributed by atoms with Crippen LogP contribution in [-0.2, 0) is 9.84 Å². The van der Waals surface area contributed by atoms with Crippen molar-refractivity contribution in [1.29, 1.82) is 0 Å². The van der Waals surface area contributed by atoms with Crippen molar-refractivity contribution in [3.63, 3.8) is 0 Å². The Morgan fingerprint density at radius 1 is 0.852 bits per heavy atom. The first-order chi connectivity index (χ1) is 13.1. The van der Waals surface area contributed by atoms with E-state index in [9.17, 15) is 8.42 Å². The van der Waals surface area contributed by atoms with Crippen LogP contribution in [0.3, 0.4) is 0 Å². The molecule has 0 saturated heterocycles. The molecule has 4 nitrogen and oxygen atoms in total. The highest BCUT2D eigenvalue weighted by molar-refractivity contribution is 7.91. The zero-order valence-corrected chi connectivity index (χ0v) is 16.0. The van der Waals surface area contributed by atoms with Crippen LogP contribution in [0.4, 0.5) is 0 Å². The molecule has 0 aliphatic rings. The third-order valence-corrected chi connectivity index (χ3v) is 6.10. The van der Waals surface area contributed by atoms with Crippen molar-refractivity contribution in [2.45, 2.75) is 10.9 Å². The number of benzene rings is 3. The minimum Gasteiger partial charge on any atom is -0.497 e. The van der Waals surface area contributed by atoms with E-state index in [1.165, 1.54) is 7.11 Å². The van der Waals surface area contributed by atoms with Crippen molar-refractivity contribution in [1.82, 2.24) is 5.32 Å². The van der Waals surface area contributed by atoms with Crippen LogP contribution in [-0.4, -0.2) is 27.8 Å². The minimum atomic E-state index is -3.40. The van der Waals surface area contributed by atoms with Crippen LogP contribution in [0.25, 0.3) is 0 Å². The highest BCUT2D eigenvalue weighted by Crippen LogP contribution is 2.22. The largest absolute Gasteiger partial charge is 0.497 e. The van der Waals surface area contributed by atoms with Crippen LogP contribution in [0.5, 0.6) is 5.75 Å². The van der Waals surface area contributed by atoms with E-state index in [1.54, 1.807) is 24.3 Å². The van der Waals surface area contributed by atoms with Gasteiger partial charge in [-0.1, -0.05) is 66.7 Å². The van der Waals surface area contributed by atoms with Gasteiger partial charge in [0.2, 0.25) is 0 Å². The molecule has 0 heterocycles. The fraction of sp³-hybridized carbons (Fsp3) is 0.182. The van der Waals surface area contributed by atoms with Crippen LogP contribution in [0.2, 0.25) is 0 Å². The summed E-state index contributed by atoms with van der Waals surface area (Å²) in [5, 5.41) is 3.40. The summed E-state index contributed by atoms with van der Waals surface area (Å²) in [7, 11) is -1.87. The van der Waals surface area contributed by atoms with Crippen molar-refractivity contribution < 1.29 is 13.2 Å². The molecule has 0 atom stereocenters. The lowest BCUT2D eigenvalue weighted by Crippen LogP contribution is -2.28. The molecule has 0 radical (unpaired) electrons. The van der Waals surface area contributed by atoms with Gasteiger partial charge in [-0.2, -0.15) is 0 Å². The third-order valence-electron chi connectivity index (χ3n) is 4.39. The van der Waals surface area contributed by atoms with E-state index in [0.717, 1.165) is 11.1 Å². The second-order valence-electron chi connectivity index (χ2n) is 6.21. The van der Waals surface area contributed by atoms with E-state index in [-0.39, 0.29) is 16.7 Å². The van der Waals surface area contributed by atoms with Gasteiger partial charge >= 0.3 is 0 Å². The zero-order valence-electron chi connectivity index (χ0n) is 15.2. The maximum Gasteiger partial charge on any atom is 0.179 e. The molecule has 5 heteroatoms. The molecule has 0 saturated carbocycles. The van der Waals surface area contributed by atoms with Gasteiger partial charge in [0.05, 0.1) is 23.8 Å². The number of methoxy groups -OCH3 is 1. The molecule has 0 unspecified atom stereocenters. The molecule has 0 aromatic heterocycles. The number of rotatable bonds is 8. The Morgan fingerprint density at radius 2 is 1.44 bits per heavy atom. The first kappa shape index (κ1) is 19.1. The molecule has 0 fully saturated rings. The average molecular weight is 381 g/mol. The second-order valence-corrected chi connectivity index (χ2v) is 8.32. The van der Waals surface area contributed by atoms with E-state index in [0.29, 0.717) is 12.3 Å². The van der Waals surface area contributed by atoms with Crippen molar-refractivity contribution in [3.8, 4) is 5.75 Å². The molecule has 0 bridgehead atoms. The van der Waals surface area contributed by atoms with E-state index in [2.05, 4.69) is 5.32 Å². The van der Waals surface area contributed by atoms with Gasteiger partial charge in [0, 0.05) is 6.54 Å². The lowest BCUT2D eigenvalue weighted by atomic mass is 9.99. The van der Waals surface area contributed by atoms with Gasteiger partial charge in [-0.25, -0.2) is 8.42 Å². The summed E-state index contributed by atoms with van der Waals surface area (Å²) in [4.78, 5) is 0.277. The number of hydrogen-bond donors (Lipinski definition) is 1. The van der Waals surface area contributed by atoms with Gasteiger partial charge in [-0.15, -0.1) is 0 Å². The molecule has 0 amide bonds. The van der Waals surface area contributed by atoms with Crippen LogP contribution >= 0.6 is 0 Å². The normalized spacial score (nSPS) is 11.5. The molecular weight excluding hydrogens is 358 g/mol. The Kier molecular flexibility index (Phi) is 6.27. The van der Waals surface area contributed by atoms with Crippen molar-refractivity contribution in [3.05, 3.63) is 96.1 Å². The van der Waals surface area contributed by atoms with Crippen molar-refractivity contribution in [2.75, 3.05) is 19.4 Å². The molecule has 140 valence electrons. The van der Waals surface area contributed by atoms with Crippen LogP contribution in [0, 0.1) is 0 Å². The molecule has 3 rings (SSSR count). The maximum atomic E-state index is 12.7. The molecular formula is C22H23NO3S. The molecule has 0 spiro atoms. The summed E-state index contributed by atoms with van der Waals surface area (Å²) < 4.78 is 30.4.